The topological polar surface area (TPSA) is 71.9 Å². The van der Waals surface area contributed by atoms with Crippen LogP contribution in [0.5, 0.6) is 5.75 Å². The predicted molar refractivity (Wildman–Crippen MR) is 119 cm³/mol. The molecule has 2 unspecified atom stereocenters. The highest BCUT2D eigenvalue weighted by atomic mass is 32.1. The Morgan fingerprint density at radius 1 is 1.38 bits per heavy atom. The molecule has 3 rings (SSSR count). The third-order valence-corrected chi connectivity index (χ3v) is 6.85. The average Bonchev–Trinajstić information content (AvgIpc) is 3.15. The molecule has 0 bridgehead atoms. The first kappa shape index (κ1) is 24.5. The molecule has 0 amide bonds. The molecule has 1 fully saturated rings. The molecule has 1 aromatic heterocycles. The Kier molecular flexibility index (Phi) is 7.52. The summed E-state index contributed by atoms with van der Waals surface area (Å²) in [5.41, 5.74) is -0.832. The third-order valence-electron chi connectivity index (χ3n) is 5.84. The van der Waals surface area contributed by atoms with E-state index in [1.54, 1.807) is 24.4 Å². The van der Waals surface area contributed by atoms with Crippen molar-refractivity contribution < 1.29 is 28.2 Å². The Morgan fingerprint density at radius 2 is 2.09 bits per heavy atom. The lowest BCUT2D eigenvalue weighted by molar-refractivity contribution is -0.180. The van der Waals surface area contributed by atoms with Gasteiger partial charge < -0.3 is 14.6 Å². The number of rotatable bonds is 8. The molecule has 32 heavy (non-hydrogen) atoms. The van der Waals surface area contributed by atoms with E-state index in [2.05, 4.69) is 35.4 Å². The van der Waals surface area contributed by atoms with E-state index < -0.39 is 18.2 Å². The van der Waals surface area contributed by atoms with Gasteiger partial charge in [-0.15, -0.1) is 11.3 Å². The molecule has 1 N–H and O–H groups in total. The second kappa shape index (κ2) is 9.80. The SMILES string of the molecule is CCOC1(C(=O)O)CC(C(C)(C)C)CN(Cc2cnc(-c3ccccc3OC(F)F)s2)C1. The monoisotopic (exact) mass is 468 g/mol. The molecular weight excluding hydrogens is 438 g/mol. The molecule has 0 aliphatic carbocycles. The largest absolute Gasteiger partial charge is 0.479 e. The summed E-state index contributed by atoms with van der Waals surface area (Å²) in [6.45, 7) is 7.09. The summed E-state index contributed by atoms with van der Waals surface area (Å²) < 4.78 is 36.0. The number of likely N-dealkylation sites (tertiary alicyclic amines) is 1. The predicted octanol–water partition coefficient (Wildman–Crippen LogP) is 5.14. The number of piperidine rings is 1. The minimum Gasteiger partial charge on any atom is -0.479 e. The number of carbonyl (C=O) groups is 1. The van der Waals surface area contributed by atoms with E-state index >= 15 is 0 Å². The lowest BCUT2D eigenvalue weighted by Gasteiger charge is -2.47. The Morgan fingerprint density at radius 3 is 2.72 bits per heavy atom. The summed E-state index contributed by atoms with van der Waals surface area (Å²) in [6, 6.07) is 6.57. The molecule has 1 aliphatic heterocycles. The molecular formula is C23H30F2N2O4S. The third kappa shape index (κ3) is 5.63. The highest BCUT2D eigenvalue weighted by Gasteiger charge is 2.49. The van der Waals surface area contributed by atoms with Gasteiger partial charge in [0, 0.05) is 37.3 Å². The minimum absolute atomic E-state index is 0.0791. The van der Waals surface area contributed by atoms with Crippen LogP contribution in [0.4, 0.5) is 8.78 Å². The van der Waals surface area contributed by atoms with Crippen LogP contribution in [0.25, 0.3) is 10.6 Å². The summed E-state index contributed by atoms with van der Waals surface area (Å²) in [5, 5.41) is 10.6. The first-order valence-electron chi connectivity index (χ1n) is 10.6. The molecule has 176 valence electrons. The maximum atomic E-state index is 12.8. The van der Waals surface area contributed by atoms with Gasteiger partial charge in [0.2, 0.25) is 0 Å². The normalized spacial score (nSPS) is 22.3. The molecule has 2 aromatic rings. The van der Waals surface area contributed by atoms with E-state index in [1.165, 1.54) is 17.4 Å². The van der Waals surface area contributed by atoms with Gasteiger partial charge in [0.05, 0.1) is 5.56 Å². The van der Waals surface area contributed by atoms with Crippen molar-refractivity contribution in [2.24, 2.45) is 11.3 Å². The second-order valence-electron chi connectivity index (χ2n) is 9.18. The molecule has 0 radical (unpaired) electrons. The van der Waals surface area contributed by atoms with Gasteiger partial charge in [-0.25, -0.2) is 9.78 Å². The number of ether oxygens (including phenoxy) is 2. The number of benzene rings is 1. The van der Waals surface area contributed by atoms with Gasteiger partial charge in [0.25, 0.3) is 0 Å². The van der Waals surface area contributed by atoms with Gasteiger partial charge in [0.15, 0.2) is 5.60 Å². The van der Waals surface area contributed by atoms with Crippen LogP contribution in [0.15, 0.2) is 30.5 Å². The highest BCUT2D eigenvalue weighted by Crippen LogP contribution is 2.40. The number of thiazole rings is 1. The van der Waals surface area contributed by atoms with Crippen molar-refractivity contribution in [3.63, 3.8) is 0 Å². The number of nitrogens with zero attached hydrogens (tertiary/aromatic N) is 2. The van der Waals surface area contributed by atoms with E-state index in [-0.39, 0.29) is 23.6 Å². The fraction of sp³-hybridized carbons (Fsp3) is 0.565. The number of carboxylic acids is 1. The number of hydrogen-bond donors (Lipinski definition) is 1. The van der Waals surface area contributed by atoms with Gasteiger partial charge >= 0.3 is 12.6 Å². The van der Waals surface area contributed by atoms with Crippen LogP contribution in [-0.2, 0) is 16.1 Å². The molecule has 1 saturated heterocycles. The van der Waals surface area contributed by atoms with Crippen molar-refractivity contribution in [3.05, 3.63) is 35.3 Å². The maximum absolute atomic E-state index is 12.8. The van der Waals surface area contributed by atoms with E-state index in [0.717, 1.165) is 11.4 Å². The van der Waals surface area contributed by atoms with Crippen LogP contribution in [0.2, 0.25) is 0 Å². The minimum atomic E-state index is -2.92. The molecule has 6 nitrogen and oxygen atoms in total. The molecule has 2 atom stereocenters. The number of para-hydroxylation sites is 1. The van der Waals surface area contributed by atoms with Gasteiger partial charge in [-0.3, -0.25) is 4.90 Å². The number of aliphatic carboxylic acids is 1. The molecule has 1 aromatic carbocycles. The van der Waals surface area contributed by atoms with Crippen LogP contribution in [0.1, 0.15) is 39.0 Å². The number of halogens is 2. The van der Waals surface area contributed by atoms with Crippen LogP contribution in [0.3, 0.4) is 0 Å². The standard InChI is InChI=1S/C23H30F2N2O4S/c1-5-30-23(20(28)29)10-15(22(2,3)4)12-27(14-23)13-16-11-26-19(32-16)17-8-6-7-9-18(17)31-21(24)25/h6-9,11,15,21H,5,10,12-14H2,1-4H3,(H,28,29). The van der Waals surface area contributed by atoms with Gasteiger partial charge in [0.1, 0.15) is 10.8 Å². The maximum Gasteiger partial charge on any atom is 0.387 e. The Balaban J connectivity index is 1.84. The number of alkyl halides is 2. The van der Waals surface area contributed by atoms with E-state index in [1.807, 2.05) is 6.92 Å². The van der Waals surface area contributed by atoms with Gasteiger partial charge in [-0.2, -0.15) is 8.78 Å². The Labute approximate surface area is 191 Å². The molecule has 2 heterocycles. The zero-order chi connectivity index (χ0) is 23.5. The lowest BCUT2D eigenvalue weighted by Crippen LogP contribution is -2.59. The fourth-order valence-corrected chi connectivity index (χ4v) is 5.12. The second-order valence-corrected chi connectivity index (χ2v) is 10.3. The van der Waals surface area contributed by atoms with E-state index in [0.29, 0.717) is 30.1 Å². The molecule has 9 heteroatoms. The summed E-state index contributed by atoms with van der Waals surface area (Å²) in [4.78, 5) is 19.6. The van der Waals surface area contributed by atoms with Crippen molar-refractivity contribution in [1.82, 2.24) is 9.88 Å². The summed E-state index contributed by atoms with van der Waals surface area (Å²) in [5.74, 6) is -0.733. The number of carboxylic acid groups (broad SMARTS) is 1. The van der Waals surface area contributed by atoms with Crippen LogP contribution >= 0.6 is 11.3 Å². The first-order valence-corrected chi connectivity index (χ1v) is 11.4. The van der Waals surface area contributed by atoms with Crippen molar-refractivity contribution in [3.8, 4) is 16.3 Å². The zero-order valence-electron chi connectivity index (χ0n) is 18.8. The molecule has 0 spiro atoms. The Hall–Kier alpha value is -2.10. The van der Waals surface area contributed by atoms with Crippen molar-refractivity contribution in [1.29, 1.82) is 0 Å². The van der Waals surface area contributed by atoms with Crippen molar-refractivity contribution in [2.45, 2.75) is 52.9 Å². The van der Waals surface area contributed by atoms with E-state index in [4.69, 9.17) is 4.74 Å². The van der Waals surface area contributed by atoms with Crippen LogP contribution in [-0.4, -0.2) is 52.9 Å². The Bertz CT molecular complexity index is 931. The smallest absolute Gasteiger partial charge is 0.387 e. The van der Waals surface area contributed by atoms with E-state index in [9.17, 15) is 18.7 Å². The first-order chi connectivity index (χ1) is 15.0. The van der Waals surface area contributed by atoms with Crippen molar-refractivity contribution in [2.75, 3.05) is 19.7 Å². The van der Waals surface area contributed by atoms with Gasteiger partial charge in [-0.1, -0.05) is 32.9 Å². The molecule has 0 saturated carbocycles. The summed E-state index contributed by atoms with van der Waals surface area (Å²) in [7, 11) is 0. The fourth-order valence-electron chi connectivity index (χ4n) is 4.13. The summed E-state index contributed by atoms with van der Waals surface area (Å²) >= 11 is 1.39. The number of hydrogen-bond acceptors (Lipinski definition) is 6. The lowest BCUT2D eigenvalue weighted by atomic mass is 9.71. The average molecular weight is 469 g/mol. The number of aromatic nitrogens is 1. The van der Waals surface area contributed by atoms with Crippen molar-refractivity contribution >= 4 is 17.3 Å². The van der Waals surface area contributed by atoms with Crippen LogP contribution in [0, 0.1) is 11.3 Å². The molecule has 1 aliphatic rings. The van der Waals surface area contributed by atoms with Crippen LogP contribution < -0.4 is 4.74 Å². The summed E-state index contributed by atoms with van der Waals surface area (Å²) in [6.07, 6.45) is 2.17. The zero-order valence-corrected chi connectivity index (χ0v) is 19.6. The quantitative estimate of drug-likeness (QED) is 0.579. The van der Waals surface area contributed by atoms with Gasteiger partial charge in [-0.05, 0) is 36.8 Å². The highest BCUT2D eigenvalue weighted by molar-refractivity contribution is 7.15.